The van der Waals surface area contributed by atoms with Crippen LogP contribution < -0.4 is 4.74 Å². The van der Waals surface area contributed by atoms with Crippen LogP contribution in [0.4, 0.5) is 0 Å². The summed E-state index contributed by atoms with van der Waals surface area (Å²) in [5, 5.41) is 0.529. The van der Waals surface area contributed by atoms with Crippen LogP contribution in [0.15, 0.2) is 24.3 Å². The van der Waals surface area contributed by atoms with Crippen molar-refractivity contribution >= 4 is 17.5 Å². The molecule has 23 heavy (non-hydrogen) atoms. The van der Waals surface area contributed by atoms with Crippen LogP contribution in [0.1, 0.15) is 12.8 Å². The molecule has 0 spiro atoms. The van der Waals surface area contributed by atoms with Crippen LogP contribution in [-0.4, -0.2) is 67.7 Å². The van der Waals surface area contributed by atoms with Gasteiger partial charge in [0.1, 0.15) is 5.75 Å². The third-order valence-electron chi connectivity index (χ3n) is 4.40. The summed E-state index contributed by atoms with van der Waals surface area (Å²) in [6.45, 7) is 5.21. The average Bonchev–Trinajstić information content (AvgIpc) is 3.07. The predicted octanol–water partition coefficient (Wildman–Crippen LogP) is 2.04. The van der Waals surface area contributed by atoms with Gasteiger partial charge in [-0.15, -0.1) is 0 Å². The Morgan fingerprint density at radius 1 is 1.26 bits per heavy atom. The molecule has 2 saturated heterocycles. The van der Waals surface area contributed by atoms with Gasteiger partial charge >= 0.3 is 0 Å². The van der Waals surface area contributed by atoms with Gasteiger partial charge in [0.15, 0.2) is 6.61 Å². The van der Waals surface area contributed by atoms with Gasteiger partial charge in [-0.1, -0.05) is 23.7 Å². The van der Waals surface area contributed by atoms with Crippen LogP contribution in [0.25, 0.3) is 0 Å². The summed E-state index contributed by atoms with van der Waals surface area (Å²) in [5.74, 6) is 0.571. The Bertz CT molecular complexity index is 526. The normalized spacial score (nSPS) is 22.3. The summed E-state index contributed by atoms with van der Waals surface area (Å²) in [5.41, 5.74) is 0. The Morgan fingerprint density at radius 2 is 2.04 bits per heavy atom. The van der Waals surface area contributed by atoms with Crippen molar-refractivity contribution in [2.75, 3.05) is 45.9 Å². The first-order valence-electron chi connectivity index (χ1n) is 8.21. The summed E-state index contributed by atoms with van der Waals surface area (Å²) in [6, 6.07) is 7.21. The molecule has 1 aromatic rings. The second-order valence-corrected chi connectivity index (χ2v) is 6.44. The van der Waals surface area contributed by atoms with E-state index in [0.29, 0.717) is 16.9 Å². The van der Waals surface area contributed by atoms with Crippen molar-refractivity contribution in [1.82, 2.24) is 9.80 Å². The lowest BCUT2D eigenvalue weighted by molar-refractivity contribution is -0.135. The number of rotatable bonds is 5. The maximum absolute atomic E-state index is 12.2. The number of hydrogen-bond acceptors (Lipinski definition) is 4. The van der Waals surface area contributed by atoms with Gasteiger partial charge in [0.25, 0.3) is 5.91 Å². The molecule has 2 heterocycles. The number of halogens is 1. The number of benzene rings is 1. The number of nitrogens with zero attached hydrogens (tertiary/aromatic N) is 2. The zero-order valence-electron chi connectivity index (χ0n) is 13.2. The van der Waals surface area contributed by atoms with Crippen molar-refractivity contribution in [3.63, 3.8) is 0 Å². The van der Waals surface area contributed by atoms with Gasteiger partial charge in [-0.2, -0.15) is 0 Å². The molecule has 1 amide bonds. The molecule has 126 valence electrons. The number of carbonyl (C=O) groups is 1. The minimum Gasteiger partial charge on any atom is -0.482 e. The standard InChI is InChI=1S/C17H23ClN2O3/c18-15-5-1-2-6-16(15)23-13-17(21)20-9-7-19(8-10-20)12-14-4-3-11-22-14/h1-2,5-6,14H,3-4,7-13H2. The van der Waals surface area contributed by atoms with Crippen LogP contribution in [0.2, 0.25) is 5.02 Å². The summed E-state index contributed by atoms with van der Waals surface area (Å²) in [7, 11) is 0. The summed E-state index contributed by atoms with van der Waals surface area (Å²) in [4.78, 5) is 16.5. The van der Waals surface area contributed by atoms with Gasteiger partial charge in [0, 0.05) is 39.3 Å². The second kappa shape index (κ2) is 7.99. The van der Waals surface area contributed by atoms with E-state index in [0.717, 1.165) is 45.8 Å². The van der Waals surface area contributed by atoms with E-state index in [1.807, 2.05) is 17.0 Å². The maximum Gasteiger partial charge on any atom is 0.260 e. The fourth-order valence-corrected chi connectivity index (χ4v) is 3.24. The lowest BCUT2D eigenvalue weighted by Gasteiger charge is -2.35. The van der Waals surface area contributed by atoms with Crippen LogP contribution >= 0.6 is 11.6 Å². The number of piperazine rings is 1. The first kappa shape index (κ1) is 16.6. The quantitative estimate of drug-likeness (QED) is 0.824. The molecular weight excluding hydrogens is 316 g/mol. The SMILES string of the molecule is O=C(COc1ccccc1Cl)N1CCN(CC2CCCO2)CC1. The summed E-state index contributed by atoms with van der Waals surface area (Å²) >= 11 is 6.03. The fourth-order valence-electron chi connectivity index (χ4n) is 3.05. The van der Waals surface area contributed by atoms with E-state index in [-0.39, 0.29) is 12.5 Å². The highest BCUT2D eigenvalue weighted by Crippen LogP contribution is 2.23. The second-order valence-electron chi connectivity index (χ2n) is 6.04. The third kappa shape index (κ3) is 4.59. The van der Waals surface area contributed by atoms with E-state index < -0.39 is 0 Å². The van der Waals surface area contributed by atoms with Gasteiger partial charge < -0.3 is 14.4 Å². The van der Waals surface area contributed by atoms with E-state index in [4.69, 9.17) is 21.1 Å². The van der Waals surface area contributed by atoms with Crippen molar-refractivity contribution < 1.29 is 14.3 Å². The Labute approximate surface area is 142 Å². The first-order valence-corrected chi connectivity index (χ1v) is 8.59. The minimum absolute atomic E-state index is 0.0155. The van der Waals surface area contributed by atoms with Gasteiger partial charge in [-0.05, 0) is 25.0 Å². The van der Waals surface area contributed by atoms with Gasteiger partial charge in [0.2, 0.25) is 0 Å². The van der Waals surface area contributed by atoms with E-state index in [2.05, 4.69) is 4.90 Å². The van der Waals surface area contributed by atoms with Gasteiger partial charge in [-0.3, -0.25) is 9.69 Å². The van der Waals surface area contributed by atoms with Crippen molar-refractivity contribution in [2.24, 2.45) is 0 Å². The van der Waals surface area contributed by atoms with Crippen molar-refractivity contribution in [3.05, 3.63) is 29.3 Å². The highest BCUT2D eigenvalue weighted by atomic mass is 35.5. The molecule has 1 unspecified atom stereocenters. The van der Waals surface area contributed by atoms with E-state index in [9.17, 15) is 4.79 Å². The smallest absolute Gasteiger partial charge is 0.260 e. The predicted molar refractivity (Wildman–Crippen MR) is 88.9 cm³/mol. The zero-order chi connectivity index (χ0) is 16.1. The third-order valence-corrected chi connectivity index (χ3v) is 4.71. The average molecular weight is 339 g/mol. The number of para-hydroxylation sites is 1. The molecule has 3 rings (SSSR count). The number of hydrogen-bond donors (Lipinski definition) is 0. The Hall–Kier alpha value is -1.30. The Balaban J connectivity index is 1.40. The minimum atomic E-state index is 0.0155. The molecule has 2 fully saturated rings. The lowest BCUT2D eigenvalue weighted by Crippen LogP contribution is -2.51. The van der Waals surface area contributed by atoms with E-state index >= 15 is 0 Å². The monoisotopic (exact) mass is 338 g/mol. The number of carbonyl (C=O) groups excluding carboxylic acids is 1. The molecule has 2 aliphatic rings. The molecule has 1 aromatic carbocycles. The molecule has 0 radical (unpaired) electrons. The molecule has 2 aliphatic heterocycles. The maximum atomic E-state index is 12.2. The van der Waals surface area contributed by atoms with Crippen LogP contribution in [-0.2, 0) is 9.53 Å². The first-order chi connectivity index (χ1) is 11.2. The fraction of sp³-hybridized carbons (Fsp3) is 0.588. The summed E-state index contributed by atoms with van der Waals surface area (Å²) in [6.07, 6.45) is 2.70. The van der Waals surface area contributed by atoms with Crippen molar-refractivity contribution in [1.29, 1.82) is 0 Å². The molecule has 6 heteroatoms. The molecule has 5 nitrogen and oxygen atoms in total. The Morgan fingerprint density at radius 3 is 2.74 bits per heavy atom. The van der Waals surface area contributed by atoms with Gasteiger partial charge in [0.05, 0.1) is 11.1 Å². The summed E-state index contributed by atoms with van der Waals surface area (Å²) < 4.78 is 11.2. The topological polar surface area (TPSA) is 42.0 Å². The van der Waals surface area contributed by atoms with Crippen molar-refractivity contribution in [3.8, 4) is 5.75 Å². The van der Waals surface area contributed by atoms with E-state index in [1.54, 1.807) is 12.1 Å². The Kier molecular flexibility index (Phi) is 5.75. The number of ether oxygens (including phenoxy) is 2. The molecule has 0 saturated carbocycles. The highest BCUT2D eigenvalue weighted by Gasteiger charge is 2.25. The van der Waals surface area contributed by atoms with Crippen LogP contribution in [0.5, 0.6) is 5.75 Å². The van der Waals surface area contributed by atoms with Crippen LogP contribution in [0.3, 0.4) is 0 Å². The molecule has 1 atom stereocenters. The molecule has 0 N–H and O–H groups in total. The molecular formula is C17H23ClN2O3. The molecule has 0 aromatic heterocycles. The highest BCUT2D eigenvalue weighted by molar-refractivity contribution is 6.32. The largest absolute Gasteiger partial charge is 0.482 e. The molecule has 0 aliphatic carbocycles. The van der Waals surface area contributed by atoms with Crippen LogP contribution in [0, 0.1) is 0 Å². The number of amides is 1. The van der Waals surface area contributed by atoms with Crippen molar-refractivity contribution in [2.45, 2.75) is 18.9 Å². The molecule has 0 bridgehead atoms. The zero-order valence-corrected chi connectivity index (χ0v) is 14.0. The van der Waals surface area contributed by atoms with Gasteiger partial charge in [-0.25, -0.2) is 0 Å². The van der Waals surface area contributed by atoms with E-state index in [1.165, 1.54) is 6.42 Å². The lowest BCUT2D eigenvalue weighted by atomic mass is 10.2.